The number of hydrogen-bond donors (Lipinski definition) is 2. The van der Waals surface area contributed by atoms with Crippen molar-refractivity contribution in [3.63, 3.8) is 0 Å². The number of amides is 1. The van der Waals surface area contributed by atoms with Gasteiger partial charge in [-0.3, -0.25) is 4.79 Å². The van der Waals surface area contributed by atoms with E-state index in [1.165, 1.54) is 0 Å². The van der Waals surface area contributed by atoms with Crippen LogP contribution in [0.2, 0.25) is 0 Å². The Morgan fingerprint density at radius 2 is 2.00 bits per heavy atom. The predicted octanol–water partition coefficient (Wildman–Crippen LogP) is 3.17. The second kappa shape index (κ2) is 6.65. The lowest BCUT2D eigenvalue weighted by Gasteiger charge is -2.32. The summed E-state index contributed by atoms with van der Waals surface area (Å²) in [5.41, 5.74) is 6.96. The Kier molecular flexibility index (Phi) is 5.73. The van der Waals surface area contributed by atoms with Gasteiger partial charge in [0.2, 0.25) is 0 Å². The average Bonchev–Trinajstić information content (AvgIpc) is 2.38. The van der Waals surface area contributed by atoms with Crippen LogP contribution in [0.15, 0.2) is 18.2 Å². The Bertz CT molecular complexity index is 498. The highest BCUT2D eigenvalue weighted by Crippen LogP contribution is 2.20. The topological polar surface area (TPSA) is 55.1 Å². The van der Waals surface area contributed by atoms with E-state index in [1.54, 1.807) is 0 Å². The summed E-state index contributed by atoms with van der Waals surface area (Å²) in [5, 5.41) is 3.00. The number of hydrogen-bond acceptors (Lipinski definition) is 2. The Labute approximate surface area is 133 Å². The highest BCUT2D eigenvalue weighted by atomic mass is 127. The molecule has 0 bridgehead atoms. The Hall–Kier alpha value is -0.690. The molecule has 0 saturated heterocycles. The molecule has 0 aliphatic heterocycles. The predicted molar refractivity (Wildman–Crippen MR) is 91.5 cm³/mol. The van der Waals surface area contributed by atoms with Crippen molar-refractivity contribution in [3.05, 3.63) is 32.9 Å². The molecule has 5 heteroatoms. The molecule has 3 N–H and O–H groups in total. The van der Waals surface area contributed by atoms with Crippen LogP contribution >= 0.6 is 34.8 Å². The van der Waals surface area contributed by atoms with Crippen LogP contribution in [0.4, 0.5) is 0 Å². The van der Waals surface area contributed by atoms with Crippen molar-refractivity contribution in [1.29, 1.82) is 0 Å². The minimum atomic E-state index is -0.598. The minimum absolute atomic E-state index is 0.121. The van der Waals surface area contributed by atoms with E-state index in [4.69, 9.17) is 18.0 Å². The molecule has 1 aromatic rings. The molecule has 1 aromatic carbocycles. The summed E-state index contributed by atoms with van der Waals surface area (Å²) in [6, 6.07) is 5.69. The molecule has 0 heterocycles. The molecule has 0 aliphatic rings. The molecule has 0 spiro atoms. The zero-order chi connectivity index (χ0) is 14.6. The summed E-state index contributed by atoms with van der Waals surface area (Å²) in [6.07, 6.45) is 1.37. The number of thiocarbonyl (C=S) groups is 1. The molecule has 1 rings (SSSR count). The molecule has 0 aliphatic carbocycles. The smallest absolute Gasteiger partial charge is 0.253 e. The fourth-order valence-corrected chi connectivity index (χ4v) is 2.89. The fraction of sp³-hybridized carbons (Fsp3) is 0.429. The number of carbonyl (C=O) groups excluding carboxylic acids is 1. The van der Waals surface area contributed by atoms with Gasteiger partial charge in [-0.2, -0.15) is 0 Å². The summed E-state index contributed by atoms with van der Waals surface area (Å²) < 4.78 is 0.960. The fourth-order valence-electron chi connectivity index (χ4n) is 1.94. The van der Waals surface area contributed by atoms with Crippen molar-refractivity contribution < 1.29 is 4.79 Å². The largest absolute Gasteiger partial charge is 0.391 e. The van der Waals surface area contributed by atoms with Gasteiger partial charge in [-0.15, -0.1) is 0 Å². The van der Waals surface area contributed by atoms with E-state index < -0.39 is 5.54 Å². The van der Waals surface area contributed by atoms with Gasteiger partial charge in [-0.25, -0.2) is 0 Å². The van der Waals surface area contributed by atoms with E-state index in [0.29, 0.717) is 23.4 Å². The van der Waals surface area contributed by atoms with Crippen LogP contribution in [0.5, 0.6) is 0 Å². The van der Waals surface area contributed by atoms with Gasteiger partial charge in [0.1, 0.15) is 0 Å². The minimum Gasteiger partial charge on any atom is -0.391 e. The van der Waals surface area contributed by atoms with Gasteiger partial charge in [0.25, 0.3) is 5.91 Å². The van der Waals surface area contributed by atoms with Gasteiger partial charge in [0.15, 0.2) is 0 Å². The van der Waals surface area contributed by atoms with E-state index in [1.807, 2.05) is 39.0 Å². The molecule has 0 fully saturated rings. The molecular weight excluding hydrogens is 371 g/mol. The number of carbonyl (C=O) groups is 1. The van der Waals surface area contributed by atoms with Crippen molar-refractivity contribution in [2.75, 3.05) is 0 Å². The zero-order valence-corrected chi connectivity index (χ0v) is 14.4. The Morgan fingerprint density at radius 1 is 1.42 bits per heavy atom. The standard InChI is InChI=1S/C14H19IN2OS/c1-4-14(5-2,13(16)19)17-12(18)10-8-6-7-9(3)11(10)15/h6-8H,4-5H2,1-3H3,(H2,16,19)(H,17,18). The Balaban J connectivity index is 3.08. The SMILES string of the molecule is CCC(CC)(NC(=O)c1cccc(C)c1I)C(N)=S. The van der Waals surface area contributed by atoms with E-state index in [-0.39, 0.29) is 5.91 Å². The van der Waals surface area contributed by atoms with E-state index in [2.05, 4.69) is 27.9 Å². The number of rotatable bonds is 5. The van der Waals surface area contributed by atoms with Crippen LogP contribution in [0, 0.1) is 10.5 Å². The monoisotopic (exact) mass is 390 g/mol. The van der Waals surface area contributed by atoms with E-state index in [0.717, 1.165) is 9.13 Å². The van der Waals surface area contributed by atoms with Gasteiger partial charge in [0, 0.05) is 3.57 Å². The summed E-state index contributed by atoms with van der Waals surface area (Å²) in [5.74, 6) is -0.121. The second-order valence-corrected chi connectivity index (χ2v) is 6.06. The van der Waals surface area contributed by atoms with E-state index in [9.17, 15) is 4.79 Å². The van der Waals surface area contributed by atoms with Crippen LogP contribution in [0.1, 0.15) is 42.6 Å². The Morgan fingerprint density at radius 3 is 2.47 bits per heavy atom. The maximum Gasteiger partial charge on any atom is 0.253 e. The van der Waals surface area contributed by atoms with E-state index >= 15 is 0 Å². The molecule has 3 nitrogen and oxygen atoms in total. The van der Waals surface area contributed by atoms with Gasteiger partial charge >= 0.3 is 0 Å². The zero-order valence-electron chi connectivity index (χ0n) is 11.4. The molecule has 0 atom stereocenters. The molecule has 0 radical (unpaired) electrons. The summed E-state index contributed by atoms with van der Waals surface area (Å²) >= 11 is 7.30. The third-order valence-corrected chi connectivity index (χ3v) is 5.29. The van der Waals surface area contributed by atoms with Crippen LogP contribution in [0.3, 0.4) is 0 Å². The van der Waals surface area contributed by atoms with Crippen LogP contribution < -0.4 is 11.1 Å². The van der Waals surface area contributed by atoms with Gasteiger partial charge < -0.3 is 11.1 Å². The summed E-state index contributed by atoms with van der Waals surface area (Å²) in [4.78, 5) is 12.8. The highest BCUT2D eigenvalue weighted by Gasteiger charge is 2.32. The first-order valence-electron chi connectivity index (χ1n) is 6.25. The van der Waals surface area contributed by atoms with Crippen molar-refractivity contribution in [2.45, 2.75) is 39.2 Å². The maximum atomic E-state index is 12.4. The number of nitrogens with two attached hydrogens (primary N) is 1. The highest BCUT2D eigenvalue weighted by molar-refractivity contribution is 14.1. The molecule has 19 heavy (non-hydrogen) atoms. The molecule has 1 amide bonds. The number of benzene rings is 1. The van der Waals surface area contributed by atoms with Gasteiger partial charge in [-0.1, -0.05) is 38.2 Å². The third-order valence-electron chi connectivity index (χ3n) is 3.47. The summed E-state index contributed by atoms with van der Waals surface area (Å²) in [6.45, 7) is 5.94. The summed E-state index contributed by atoms with van der Waals surface area (Å²) in [7, 11) is 0. The third kappa shape index (κ3) is 3.45. The van der Waals surface area contributed by atoms with Gasteiger partial charge in [0.05, 0.1) is 16.1 Å². The van der Waals surface area contributed by atoms with Crippen LogP contribution in [-0.2, 0) is 0 Å². The number of nitrogens with one attached hydrogen (secondary N) is 1. The van der Waals surface area contributed by atoms with Crippen molar-refractivity contribution in [3.8, 4) is 0 Å². The first-order valence-corrected chi connectivity index (χ1v) is 7.74. The maximum absolute atomic E-state index is 12.4. The first kappa shape index (κ1) is 16.4. The normalized spacial score (nSPS) is 11.2. The second-order valence-electron chi connectivity index (χ2n) is 4.54. The molecule has 0 unspecified atom stereocenters. The van der Waals surface area contributed by atoms with Crippen molar-refractivity contribution >= 4 is 45.7 Å². The lowest BCUT2D eigenvalue weighted by Crippen LogP contribution is -2.56. The lowest BCUT2D eigenvalue weighted by molar-refractivity contribution is 0.0919. The molecule has 0 saturated carbocycles. The van der Waals surface area contributed by atoms with Crippen LogP contribution in [-0.4, -0.2) is 16.4 Å². The quantitative estimate of drug-likeness (QED) is 0.600. The molecule has 0 aromatic heterocycles. The van der Waals surface area contributed by atoms with Crippen molar-refractivity contribution in [1.82, 2.24) is 5.32 Å². The van der Waals surface area contributed by atoms with Crippen molar-refractivity contribution in [2.24, 2.45) is 5.73 Å². The first-order chi connectivity index (χ1) is 8.88. The number of halogens is 1. The average molecular weight is 390 g/mol. The number of aryl methyl sites for hydroxylation is 1. The molecule has 104 valence electrons. The lowest BCUT2D eigenvalue weighted by atomic mass is 9.92. The van der Waals surface area contributed by atoms with Crippen LogP contribution in [0.25, 0.3) is 0 Å². The molecular formula is C14H19IN2OS. The van der Waals surface area contributed by atoms with Gasteiger partial charge in [-0.05, 0) is 54.0 Å².